The molecule has 4 atom stereocenters. The number of carboxylic acid groups (broad SMARTS) is 1. The van der Waals surface area contributed by atoms with Crippen molar-refractivity contribution in [1.82, 2.24) is 10.2 Å². The van der Waals surface area contributed by atoms with Gasteiger partial charge in [0, 0.05) is 23.2 Å². The van der Waals surface area contributed by atoms with Crippen LogP contribution < -0.4 is 16.8 Å². The molecule has 1 unspecified atom stereocenters. The highest BCUT2D eigenvalue weighted by molar-refractivity contribution is 5.95. The summed E-state index contributed by atoms with van der Waals surface area (Å²) in [7, 11) is 0. The van der Waals surface area contributed by atoms with Crippen molar-refractivity contribution >= 4 is 23.7 Å². The number of nitrogens with two attached hydrogens (primary N) is 2. The molecule has 6 N–H and O–H groups in total. The minimum absolute atomic E-state index is 0.0147. The Morgan fingerprint density at radius 3 is 2.10 bits per heavy atom. The van der Waals surface area contributed by atoms with Gasteiger partial charge in [0.15, 0.2) is 0 Å². The minimum atomic E-state index is -1.53. The van der Waals surface area contributed by atoms with Gasteiger partial charge in [-0.3, -0.25) is 19.2 Å². The second kappa shape index (κ2) is 9.82. The van der Waals surface area contributed by atoms with Crippen LogP contribution in [0.1, 0.15) is 69.2 Å². The van der Waals surface area contributed by atoms with Crippen LogP contribution in [0.25, 0.3) is 0 Å². The Balaban J connectivity index is 1.50. The van der Waals surface area contributed by atoms with E-state index in [1.54, 1.807) is 29.2 Å². The number of hydrogen-bond acceptors (Lipinski definition) is 6. The molecule has 10 heteroatoms. The summed E-state index contributed by atoms with van der Waals surface area (Å²) < 4.78 is 0. The number of amides is 3. The molecule has 39 heavy (non-hydrogen) atoms. The first-order valence-corrected chi connectivity index (χ1v) is 13.1. The number of primary amides is 2. The van der Waals surface area contributed by atoms with Crippen molar-refractivity contribution in [2.75, 3.05) is 6.54 Å². The molecule has 202 valence electrons. The van der Waals surface area contributed by atoms with E-state index in [1.165, 1.54) is 12.1 Å². The smallest absolute Gasteiger partial charge is 0.318 e. The number of nitrogens with one attached hydrogen (secondary N) is 1. The summed E-state index contributed by atoms with van der Waals surface area (Å²) in [5.74, 6) is -2.07. The van der Waals surface area contributed by atoms with Gasteiger partial charge in [-0.25, -0.2) is 0 Å². The molecule has 3 amide bonds. The normalized spacial score (nSPS) is 22.9. The number of aryl methyl sites for hydroxylation is 2. The van der Waals surface area contributed by atoms with Gasteiger partial charge in [0.25, 0.3) is 0 Å². The fourth-order valence-electron chi connectivity index (χ4n) is 6.51. The number of benzene rings is 2. The third kappa shape index (κ3) is 4.53. The summed E-state index contributed by atoms with van der Waals surface area (Å²) in [4.78, 5) is 51.8. The standard InChI is InChI=1S/C29H31N5O5/c1-15(33-14-25(35)34-21(13-30)10-20-11-24(20)34)12-29(28(38)39)22-6-4-18(26(31)36)8-16(22)2-3-17-9-19(27(32)37)5-7-23(17)29/h4-9,15,20-21,24,33H,2-3,10-12,14H2,1H3,(H2,31,36)(H2,32,37)(H,38,39)/t15-,20+,21?,24-/m0/s1. The second-order valence-electron chi connectivity index (χ2n) is 10.9. The van der Waals surface area contributed by atoms with Crippen LogP contribution in [0.3, 0.4) is 0 Å². The zero-order valence-electron chi connectivity index (χ0n) is 21.6. The van der Waals surface area contributed by atoms with E-state index < -0.39 is 35.3 Å². The van der Waals surface area contributed by atoms with E-state index >= 15 is 0 Å². The lowest BCUT2D eigenvalue weighted by atomic mass is 9.68. The molecule has 0 aromatic heterocycles. The van der Waals surface area contributed by atoms with Crippen molar-refractivity contribution in [2.24, 2.45) is 17.4 Å². The van der Waals surface area contributed by atoms with Crippen molar-refractivity contribution in [3.63, 3.8) is 0 Å². The number of carboxylic acids is 1. The Morgan fingerprint density at radius 1 is 1.05 bits per heavy atom. The van der Waals surface area contributed by atoms with Gasteiger partial charge in [-0.15, -0.1) is 0 Å². The molecule has 3 aliphatic rings. The molecule has 0 bridgehead atoms. The third-order valence-electron chi connectivity index (χ3n) is 8.48. The molecular weight excluding hydrogens is 498 g/mol. The van der Waals surface area contributed by atoms with Crippen LogP contribution in [0.4, 0.5) is 0 Å². The Kier molecular flexibility index (Phi) is 6.64. The highest BCUT2D eigenvalue weighted by Gasteiger charge is 2.54. The van der Waals surface area contributed by atoms with Crippen LogP contribution in [0.5, 0.6) is 0 Å². The Bertz CT molecular complexity index is 1360. The Labute approximate surface area is 225 Å². The van der Waals surface area contributed by atoms with Gasteiger partial charge in [-0.2, -0.15) is 5.26 Å². The molecule has 5 rings (SSSR count). The maximum Gasteiger partial charge on any atom is 0.318 e. The number of fused-ring (bicyclic) bond motifs is 3. The number of hydrogen-bond donors (Lipinski definition) is 4. The molecule has 2 aromatic rings. The largest absolute Gasteiger partial charge is 0.480 e. The molecule has 0 spiro atoms. The topological polar surface area (TPSA) is 180 Å². The lowest BCUT2D eigenvalue weighted by Crippen LogP contribution is -2.48. The summed E-state index contributed by atoms with van der Waals surface area (Å²) in [5, 5.41) is 23.5. The van der Waals surface area contributed by atoms with E-state index in [2.05, 4.69) is 11.4 Å². The van der Waals surface area contributed by atoms with E-state index in [0.29, 0.717) is 47.4 Å². The zero-order valence-corrected chi connectivity index (χ0v) is 21.6. The first-order chi connectivity index (χ1) is 18.6. The molecular formula is C29H31N5O5. The van der Waals surface area contributed by atoms with Crippen LogP contribution >= 0.6 is 0 Å². The highest BCUT2D eigenvalue weighted by atomic mass is 16.4. The minimum Gasteiger partial charge on any atom is -0.480 e. The number of carbonyl (C=O) groups excluding carboxylic acids is 3. The van der Waals surface area contributed by atoms with E-state index in [4.69, 9.17) is 11.5 Å². The van der Waals surface area contributed by atoms with Crippen LogP contribution in [-0.4, -0.2) is 58.4 Å². The monoisotopic (exact) mass is 529 g/mol. The molecule has 10 nitrogen and oxygen atoms in total. The van der Waals surface area contributed by atoms with Gasteiger partial charge in [-0.1, -0.05) is 12.1 Å². The van der Waals surface area contributed by atoms with Crippen LogP contribution in [0.2, 0.25) is 0 Å². The average molecular weight is 530 g/mol. The fraction of sp³-hybridized carbons (Fsp3) is 0.414. The van der Waals surface area contributed by atoms with Crippen molar-refractivity contribution < 1.29 is 24.3 Å². The van der Waals surface area contributed by atoms with E-state index in [-0.39, 0.29) is 36.0 Å². The Hall–Kier alpha value is -4.23. The van der Waals surface area contributed by atoms with Gasteiger partial charge in [0.1, 0.15) is 11.5 Å². The number of carbonyl (C=O) groups is 4. The lowest BCUT2D eigenvalue weighted by molar-refractivity contribution is -0.142. The number of piperidine rings is 1. The van der Waals surface area contributed by atoms with Crippen molar-refractivity contribution in [2.45, 2.75) is 62.6 Å². The summed E-state index contributed by atoms with van der Waals surface area (Å²) in [6, 6.07) is 11.1. The zero-order chi connectivity index (χ0) is 28.1. The van der Waals surface area contributed by atoms with Crippen LogP contribution in [0.15, 0.2) is 36.4 Å². The van der Waals surface area contributed by atoms with Gasteiger partial charge in [0.05, 0.1) is 12.6 Å². The van der Waals surface area contributed by atoms with E-state index in [1.807, 2.05) is 6.92 Å². The Morgan fingerprint density at radius 2 is 1.62 bits per heavy atom. The predicted octanol–water partition coefficient (Wildman–Crippen LogP) is 1.23. The van der Waals surface area contributed by atoms with Gasteiger partial charge >= 0.3 is 5.97 Å². The lowest BCUT2D eigenvalue weighted by Gasteiger charge is -2.35. The summed E-state index contributed by atoms with van der Waals surface area (Å²) >= 11 is 0. The highest BCUT2D eigenvalue weighted by Crippen LogP contribution is 2.48. The number of likely N-dealkylation sites (tertiary alicyclic amines) is 1. The first-order valence-electron chi connectivity index (χ1n) is 13.1. The fourth-order valence-corrected chi connectivity index (χ4v) is 6.51. The maximum atomic E-state index is 13.3. The molecule has 1 heterocycles. The van der Waals surface area contributed by atoms with Crippen molar-refractivity contribution in [3.8, 4) is 6.07 Å². The van der Waals surface area contributed by atoms with Gasteiger partial charge in [-0.05, 0) is 91.5 Å². The molecule has 2 fully saturated rings. The maximum absolute atomic E-state index is 13.3. The number of nitriles is 1. The molecule has 2 aliphatic carbocycles. The van der Waals surface area contributed by atoms with E-state index in [9.17, 15) is 29.5 Å². The summed E-state index contributed by atoms with van der Waals surface area (Å²) in [5.41, 5.74) is 12.5. The summed E-state index contributed by atoms with van der Waals surface area (Å²) in [6.45, 7) is 1.81. The molecule has 0 radical (unpaired) electrons. The van der Waals surface area contributed by atoms with E-state index in [0.717, 1.165) is 6.42 Å². The number of nitrogens with zero attached hydrogens (tertiary/aromatic N) is 2. The second-order valence-corrected chi connectivity index (χ2v) is 10.9. The van der Waals surface area contributed by atoms with Crippen LogP contribution in [0, 0.1) is 17.2 Å². The van der Waals surface area contributed by atoms with Crippen LogP contribution in [-0.2, 0) is 27.8 Å². The number of rotatable bonds is 8. The first kappa shape index (κ1) is 26.4. The predicted molar refractivity (Wildman–Crippen MR) is 141 cm³/mol. The SMILES string of the molecule is C[C@@H](CC1(C(=O)O)c2ccc(C(N)=O)cc2CCc2cc(C(N)=O)ccc21)NCC(=O)N1C(C#N)C[C@@H]2C[C@@H]21. The molecule has 2 aromatic carbocycles. The third-order valence-corrected chi connectivity index (χ3v) is 8.48. The molecule has 1 saturated heterocycles. The molecule has 1 aliphatic heterocycles. The number of aliphatic carboxylic acids is 1. The van der Waals surface area contributed by atoms with Crippen molar-refractivity contribution in [3.05, 3.63) is 69.8 Å². The van der Waals surface area contributed by atoms with Gasteiger partial charge in [0.2, 0.25) is 17.7 Å². The van der Waals surface area contributed by atoms with Crippen molar-refractivity contribution in [1.29, 1.82) is 5.26 Å². The quantitative estimate of drug-likeness (QED) is 0.397. The summed E-state index contributed by atoms with van der Waals surface area (Å²) in [6.07, 6.45) is 2.60. The molecule has 1 saturated carbocycles. The average Bonchev–Trinajstić information content (AvgIpc) is 3.60. The van der Waals surface area contributed by atoms with Gasteiger partial charge < -0.3 is 26.8 Å².